The summed E-state index contributed by atoms with van der Waals surface area (Å²) in [5, 5.41) is 0. The van der Waals surface area contributed by atoms with Gasteiger partial charge in [-0.3, -0.25) is 4.79 Å². The number of carbonyl (C=O) groups is 1. The summed E-state index contributed by atoms with van der Waals surface area (Å²) in [6.07, 6.45) is 20.7. The van der Waals surface area contributed by atoms with Crippen LogP contribution in [0.1, 0.15) is 143 Å². The fraction of sp³-hybridized carbons (Fsp3) is 0.971. The van der Waals surface area contributed by atoms with Crippen molar-refractivity contribution >= 4 is 5.97 Å². The number of hydrogen-bond donors (Lipinski definition) is 0. The van der Waals surface area contributed by atoms with Crippen molar-refractivity contribution < 1.29 is 28.5 Å². The highest BCUT2D eigenvalue weighted by atomic mass is 16.7. The van der Waals surface area contributed by atoms with E-state index < -0.39 is 6.29 Å². The van der Waals surface area contributed by atoms with Crippen molar-refractivity contribution in [2.45, 2.75) is 167 Å². The first kappa shape index (κ1) is 38.3. The van der Waals surface area contributed by atoms with E-state index in [0.29, 0.717) is 32.8 Å². The third-order valence-electron chi connectivity index (χ3n) is 7.84. The Morgan fingerprint density at radius 1 is 0.610 bits per heavy atom. The maximum absolute atomic E-state index is 12.4. The second-order valence-corrected chi connectivity index (χ2v) is 12.1. The molecule has 0 bridgehead atoms. The van der Waals surface area contributed by atoms with Gasteiger partial charge in [0.2, 0.25) is 0 Å². The fourth-order valence-corrected chi connectivity index (χ4v) is 5.19. The Kier molecular flexibility index (Phi) is 25.1. The van der Waals surface area contributed by atoms with Crippen molar-refractivity contribution in [3.63, 3.8) is 0 Å². The van der Waals surface area contributed by atoms with Gasteiger partial charge in [-0.2, -0.15) is 0 Å². The third kappa shape index (κ3) is 20.0. The second-order valence-electron chi connectivity index (χ2n) is 12.1. The van der Waals surface area contributed by atoms with Crippen LogP contribution < -0.4 is 0 Å². The average Bonchev–Trinajstić information content (AvgIpc) is 3.29. The normalized spacial score (nSPS) is 20.7. The molecule has 0 aromatic heterocycles. The summed E-state index contributed by atoms with van der Waals surface area (Å²) < 4.78 is 31.2. The molecule has 1 aliphatic rings. The lowest BCUT2D eigenvalue weighted by atomic mass is 10.1. The summed E-state index contributed by atoms with van der Waals surface area (Å²) in [7, 11) is 3.91. The van der Waals surface area contributed by atoms with Crippen LogP contribution in [0.3, 0.4) is 0 Å². The molecule has 244 valence electrons. The molecule has 0 saturated carbocycles. The monoisotopic (exact) mass is 585 g/mol. The summed E-state index contributed by atoms with van der Waals surface area (Å²) in [6.45, 7) is 9.54. The van der Waals surface area contributed by atoms with E-state index in [1.54, 1.807) is 0 Å². The molecule has 0 N–H and O–H groups in total. The molecule has 0 radical (unpaired) electrons. The number of unbranched alkanes of at least 4 members (excludes halogenated alkanes) is 15. The molecular formula is C34H67NO6. The Balaban J connectivity index is 2.74. The Morgan fingerprint density at radius 3 is 1.54 bits per heavy atom. The van der Waals surface area contributed by atoms with Crippen LogP contribution in [0.5, 0.6) is 0 Å². The van der Waals surface area contributed by atoms with Gasteiger partial charge in [0, 0.05) is 26.4 Å². The molecule has 0 spiro atoms. The van der Waals surface area contributed by atoms with Gasteiger partial charge in [-0.1, -0.05) is 117 Å². The lowest BCUT2D eigenvalue weighted by Gasteiger charge is -2.25. The Morgan fingerprint density at radius 2 is 1.05 bits per heavy atom. The topological polar surface area (TPSA) is 66.5 Å². The van der Waals surface area contributed by atoms with Crippen LogP contribution in [0.2, 0.25) is 0 Å². The van der Waals surface area contributed by atoms with Crippen LogP contribution in [0, 0.1) is 0 Å². The SMILES string of the molecule is CCCCCCCCOC1[C@@H](COC(=O)CCN(C)C)O[C@H](OCCCCCCCC)[C@H]1OCCCCCCCC. The molecule has 4 atom stereocenters. The highest BCUT2D eigenvalue weighted by molar-refractivity contribution is 5.69. The summed E-state index contributed by atoms with van der Waals surface area (Å²) >= 11 is 0. The van der Waals surface area contributed by atoms with E-state index in [1.165, 1.54) is 96.3 Å². The molecule has 0 amide bonds. The number of nitrogens with zero attached hydrogens (tertiary/aromatic N) is 1. The highest BCUT2D eigenvalue weighted by Crippen LogP contribution is 2.29. The van der Waals surface area contributed by atoms with Gasteiger partial charge in [-0.05, 0) is 33.4 Å². The molecule has 1 heterocycles. The molecule has 1 fully saturated rings. The van der Waals surface area contributed by atoms with Crippen molar-refractivity contribution in [2.75, 3.05) is 47.1 Å². The highest BCUT2D eigenvalue weighted by Gasteiger charge is 2.47. The van der Waals surface area contributed by atoms with Gasteiger partial charge in [-0.15, -0.1) is 0 Å². The zero-order chi connectivity index (χ0) is 30.0. The van der Waals surface area contributed by atoms with Gasteiger partial charge >= 0.3 is 5.97 Å². The molecule has 1 aliphatic heterocycles. The van der Waals surface area contributed by atoms with Crippen molar-refractivity contribution in [1.29, 1.82) is 0 Å². The largest absolute Gasteiger partial charge is 0.463 e. The molecule has 1 saturated heterocycles. The van der Waals surface area contributed by atoms with Crippen molar-refractivity contribution in [2.24, 2.45) is 0 Å². The molecular weight excluding hydrogens is 518 g/mol. The average molecular weight is 586 g/mol. The first-order valence-corrected chi connectivity index (χ1v) is 17.3. The quantitative estimate of drug-likeness (QED) is 0.0649. The standard InChI is InChI=1S/C34H67NO6/c1-6-9-12-15-18-21-26-37-32-30(29-40-31(36)24-25-35(4)5)41-34(39-28-23-20-17-14-11-8-3)33(32)38-27-22-19-16-13-10-7-2/h30,32-34H,6-29H2,1-5H3/t30-,32?,33+,34+/m1/s1. The van der Waals surface area contributed by atoms with Crippen LogP contribution >= 0.6 is 0 Å². The first-order chi connectivity index (χ1) is 20.0. The Hall–Kier alpha value is -0.730. The summed E-state index contributed by atoms with van der Waals surface area (Å²) in [6, 6.07) is 0. The lowest BCUT2D eigenvalue weighted by molar-refractivity contribution is -0.184. The molecule has 0 aromatic rings. The zero-order valence-electron chi connectivity index (χ0n) is 27.7. The Labute approximate surface area is 253 Å². The fourth-order valence-electron chi connectivity index (χ4n) is 5.19. The smallest absolute Gasteiger partial charge is 0.307 e. The minimum absolute atomic E-state index is 0.168. The van der Waals surface area contributed by atoms with Crippen LogP contribution in [0.25, 0.3) is 0 Å². The second kappa shape index (κ2) is 26.9. The number of carbonyl (C=O) groups excluding carboxylic acids is 1. The van der Waals surface area contributed by atoms with Crippen LogP contribution in [0.15, 0.2) is 0 Å². The molecule has 1 unspecified atom stereocenters. The number of esters is 1. The van der Waals surface area contributed by atoms with Gasteiger partial charge in [0.25, 0.3) is 0 Å². The summed E-state index contributed by atoms with van der Waals surface area (Å²) in [4.78, 5) is 14.4. The number of rotatable bonds is 29. The summed E-state index contributed by atoms with van der Waals surface area (Å²) in [5.41, 5.74) is 0. The van der Waals surface area contributed by atoms with Crippen molar-refractivity contribution in [3.8, 4) is 0 Å². The van der Waals surface area contributed by atoms with Gasteiger partial charge < -0.3 is 28.6 Å². The van der Waals surface area contributed by atoms with E-state index in [9.17, 15) is 4.79 Å². The molecule has 1 rings (SSSR count). The van der Waals surface area contributed by atoms with Gasteiger partial charge in [0.15, 0.2) is 6.29 Å². The predicted molar refractivity (Wildman–Crippen MR) is 168 cm³/mol. The maximum atomic E-state index is 12.4. The van der Waals surface area contributed by atoms with Gasteiger partial charge in [-0.25, -0.2) is 0 Å². The summed E-state index contributed by atoms with van der Waals surface area (Å²) in [5.74, 6) is -0.210. The predicted octanol–water partition coefficient (Wildman–Crippen LogP) is 8.07. The Bertz CT molecular complexity index is 590. The molecule has 0 aromatic carbocycles. The molecule has 0 aliphatic carbocycles. The van der Waals surface area contributed by atoms with Crippen LogP contribution in [-0.4, -0.2) is 82.5 Å². The maximum Gasteiger partial charge on any atom is 0.307 e. The van der Waals surface area contributed by atoms with E-state index in [2.05, 4.69) is 20.8 Å². The third-order valence-corrected chi connectivity index (χ3v) is 7.84. The van der Waals surface area contributed by atoms with E-state index in [-0.39, 0.29) is 30.9 Å². The lowest BCUT2D eigenvalue weighted by Crippen LogP contribution is -2.40. The van der Waals surface area contributed by atoms with E-state index in [4.69, 9.17) is 23.7 Å². The van der Waals surface area contributed by atoms with Crippen molar-refractivity contribution in [3.05, 3.63) is 0 Å². The number of ether oxygens (including phenoxy) is 5. The van der Waals surface area contributed by atoms with E-state index >= 15 is 0 Å². The molecule has 7 nitrogen and oxygen atoms in total. The first-order valence-electron chi connectivity index (χ1n) is 17.3. The van der Waals surface area contributed by atoms with Crippen molar-refractivity contribution in [1.82, 2.24) is 4.90 Å². The van der Waals surface area contributed by atoms with Crippen LogP contribution in [-0.2, 0) is 28.5 Å². The molecule has 7 heteroatoms. The van der Waals surface area contributed by atoms with E-state index in [0.717, 1.165) is 19.3 Å². The van der Waals surface area contributed by atoms with Gasteiger partial charge in [0.05, 0.1) is 6.42 Å². The van der Waals surface area contributed by atoms with Gasteiger partial charge in [0.1, 0.15) is 24.9 Å². The van der Waals surface area contributed by atoms with Crippen LogP contribution in [0.4, 0.5) is 0 Å². The number of hydrogen-bond acceptors (Lipinski definition) is 7. The minimum Gasteiger partial charge on any atom is -0.463 e. The minimum atomic E-state index is -0.495. The zero-order valence-corrected chi connectivity index (χ0v) is 27.7. The molecule has 41 heavy (non-hydrogen) atoms. The van der Waals surface area contributed by atoms with E-state index in [1.807, 2.05) is 19.0 Å².